The largest absolute Gasteiger partial charge is 0.372 e. The average molecular weight is 198 g/mol. The lowest BCUT2D eigenvalue weighted by Crippen LogP contribution is -2.03. The van der Waals surface area contributed by atoms with Gasteiger partial charge in [-0.3, -0.25) is 0 Å². The van der Waals surface area contributed by atoms with Crippen molar-refractivity contribution in [3.63, 3.8) is 0 Å². The summed E-state index contributed by atoms with van der Waals surface area (Å²) in [5.74, 6) is 0.806. The van der Waals surface area contributed by atoms with Crippen molar-refractivity contribution < 1.29 is 0 Å². The molecule has 0 aromatic carbocycles. The second-order valence-electron chi connectivity index (χ2n) is 2.17. The van der Waals surface area contributed by atoms with E-state index in [-0.39, 0.29) is 10.7 Å². The van der Waals surface area contributed by atoms with Crippen LogP contribution in [0.15, 0.2) is 0 Å². The third-order valence-corrected chi connectivity index (χ3v) is 1.71. The number of nitrogens with one attached hydrogen (secondary N) is 2. The van der Waals surface area contributed by atoms with Crippen LogP contribution in [0.4, 0.5) is 11.8 Å². The Morgan fingerprint density at radius 1 is 1.31 bits per heavy atom. The summed E-state index contributed by atoms with van der Waals surface area (Å²) in [4.78, 5) is 7.85. The lowest BCUT2D eigenvalue weighted by Gasteiger charge is -2.05. The molecule has 0 saturated heterocycles. The van der Waals surface area contributed by atoms with Crippen molar-refractivity contribution >= 4 is 23.4 Å². The zero-order valence-corrected chi connectivity index (χ0v) is 7.98. The molecule has 2 N–H and O–H groups in total. The van der Waals surface area contributed by atoms with E-state index in [1.807, 2.05) is 6.07 Å². The number of aromatic nitrogens is 2. The second-order valence-corrected chi connectivity index (χ2v) is 2.53. The molecule has 68 valence electrons. The van der Waals surface area contributed by atoms with E-state index in [0.29, 0.717) is 11.8 Å². The molecule has 0 spiro atoms. The highest BCUT2D eigenvalue weighted by Gasteiger charge is 2.10. The van der Waals surface area contributed by atoms with Crippen molar-refractivity contribution in [2.75, 3.05) is 24.7 Å². The molecule has 0 aliphatic heterocycles. The molecule has 0 saturated carbocycles. The summed E-state index contributed by atoms with van der Waals surface area (Å²) in [7, 11) is 3.34. The third-order valence-electron chi connectivity index (χ3n) is 1.44. The van der Waals surface area contributed by atoms with E-state index in [1.54, 1.807) is 14.1 Å². The Kier molecular flexibility index (Phi) is 2.88. The Balaban J connectivity index is 3.31. The molecule has 1 aromatic rings. The predicted octanol–water partition coefficient (Wildman–Crippen LogP) is 1.09. The van der Waals surface area contributed by atoms with Gasteiger partial charge in [-0.05, 0) is 0 Å². The van der Waals surface area contributed by atoms with Gasteiger partial charge >= 0.3 is 0 Å². The molecular formula is C7H8ClN5. The van der Waals surface area contributed by atoms with Gasteiger partial charge in [0.15, 0.2) is 11.0 Å². The minimum Gasteiger partial charge on any atom is -0.372 e. The fraction of sp³-hybridized carbons (Fsp3) is 0.286. The zero-order chi connectivity index (χ0) is 9.84. The number of nitrogens with zero attached hydrogens (tertiary/aromatic N) is 3. The molecular weight excluding hydrogens is 190 g/mol. The molecule has 13 heavy (non-hydrogen) atoms. The van der Waals surface area contributed by atoms with Gasteiger partial charge in [0.05, 0.1) is 0 Å². The molecule has 0 amide bonds. The van der Waals surface area contributed by atoms with Gasteiger partial charge in [-0.2, -0.15) is 15.2 Å². The molecule has 1 heterocycles. The maximum atomic E-state index is 8.72. The van der Waals surface area contributed by atoms with Gasteiger partial charge in [0.1, 0.15) is 11.6 Å². The fourth-order valence-electron chi connectivity index (χ4n) is 0.825. The van der Waals surface area contributed by atoms with Crippen molar-refractivity contribution in [1.29, 1.82) is 5.26 Å². The highest BCUT2D eigenvalue weighted by molar-refractivity contribution is 6.31. The first-order valence-corrected chi connectivity index (χ1v) is 3.93. The summed E-state index contributed by atoms with van der Waals surface area (Å²) in [6.07, 6.45) is 0. The predicted molar refractivity (Wildman–Crippen MR) is 50.9 cm³/mol. The maximum Gasteiger partial charge on any atom is 0.225 e. The minimum absolute atomic E-state index is 0.145. The van der Waals surface area contributed by atoms with Gasteiger partial charge in [-0.1, -0.05) is 11.6 Å². The first-order valence-electron chi connectivity index (χ1n) is 3.56. The Morgan fingerprint density at radius 3 is 2.46 bits per heavy atom. The van der Waals surface area contributed by atoms with Gasteiger partial charge in [-0.25, -0.2) is 0 Å². The van der Waals surface area contributed by atoms with E-state index >= 15 is 0 Å². The second kappa shape index (κ2) is 3.92. The molecule has 0 aliphatic rings. The van der Waals surface area contributed by atoms with E-state index in [0.717, 1.165) is 0 Å². The van der Waals surface area contributed by atoms with Crippen molar-refractivity contribution in [3.8, 4) is 6.07 Å². The number of hydrogen-bond donors (Lipinski definition) is 2. The van der Waals surface area contributed by atoms with Gasteiger partial charge in [-0.15, -0.1) is 0 Å². The van der Waals surface area contributed by atoms with Crippen LogP contribution in [0.3, 0.4) is 0 Å². The van der Waals surface area contributed by atoms with E-state index in [2.05, 4.69) is 20.6 Å². The quantitative estimate of drug-likeness (QED) is 0.695. The molecule has 1 rings (SSSR count). The summed E-state index contributed by atoms with van der Waals surface area (Å²) in [5, 5.41) is 14.4. The van der Waals surface area contributed by atoms with E-state index in [1.165, 1.54) is 0 Å². The summed E-state index contributed by atoms with van der Waals surface area (Å²) < 4.78 is 0. The van der Waals surface area contributed by atoms with Crippen molar-refractivity contribution in [2.24, 2.45) is 0 Å². The Hall–Kier alpha value is -1.54. The van der Waals surface area contributed by atoms with Crippen LogP contribution in [0.5, 0.6) is 0 Å². The first kappa shape index (κ1) is 9.55. The normalized spacial score (nSPS) is 9.08. The monoisotopic (exact) mass is 197 g/mol. The summed E-state index contributed by atoms with van der Waals surface area (Å²) in [5.41, 5.74) is 0.253. The molecule has 0 bridgehead atoms. The highest BCUT2D eigenvalue weighted by atomic mass is 35.5. The standard InChI is InChI=1S/C7H8ClN5/c1-10-6-4(3-9)5(8)12-7(11-2)13-6/h1-2H3,(H2,10,11,12,13). The lowest BCUT2D eigenvalue weighted by molar-refractivity contribution is 1.13. The Labute approximate surface area is 80.8 Å². The highest BCUT2D eigenvalue weighted by Crippen LogP contribution is 2.20. The van der Waals surface area contributed by atoms with Crippen LogP contribution in [-0.4, -0.2) is 24.1 Å². The van der Waals surface area contributed by atoms with Crippen LogP contribution >= 0.6 is 11.6 Å². The topological polar surface area (TPSA) is 73.6 Å². The summed E-state index contributed by atoms with van der Waals surface area (Å²) in [6, 6.07) is 1.92. The molecule has 0 radical (unpaired) electrons. The molecule has 0 fully saturated rings. The fourth-order valence-corrected chi connectivity index (χ4v) is 1.04. The number of anilines is 2. The minimum atomic E-state index is 0.145. The molecule has 1 aromatic heterocycles. The summed E-state index contributed by atoms with van der Waals surface area (Å²) in [6.45, 7) is 0. The molecule has 0 atom stereocenters. The van der Waals surface area contributed by atoms with Crippen LogP contribution in [0.25, 0.3) is 0 Å². The first-order chi connectivity index (χ1) is 6.22. The number of rotatable bonds is 2. The summed E-state index contributed by atoms with van der Waals surface area (Å²) >= 11 is 5.74. The van der Waals surface area contributed by atoms with Crippen LogP contribution in [0.1, 0.15) is 5.56 Å². The van der Waals surface area contributed by atoms with Gasteiger partial charge < -0.3 is 10.6 Å². The molecule has 5 nitrogen and oxygen atoms in total. The third kappa shape index (κ3) is 1.79. The van der Waals surface area contributed by atoms with Gasteiger partial charge in [0, 0.05) is 14.1 Å². The van der Waals surface area contributed by atoms with E-state index in [9.17, 15) is 0 Å². The number of hydrogen-bond acceptors (Lipinski definition) is 5. The molecule has 6 heteroatoms. The van der Waals surface area contributed by atoms with E-state index < -0.39 is 0 Å². The Bertz CT molecular complexity index is 357. The van der Waals surface area contributed by atoms with Crippen LogP contribution in [-0.2, 0) is 0 Å². The smallest absolute Gasteiger partial charge is 0.225 e. The molecule has 0 aliphatic carbocycles. The van der Waals surface area contributed by atoms with Gasteiger partial charge in [0.25, 0.3) is 0 Å². The average Bonchev–Trinajstić information content (AvgIpc) is 2.16. The van der Waals surface area contributed by atoms with Crippen LogP contribution < -0.4 is 10.6 Å². The Morgan fingerprint density at radius 2 is 2.00 bits per heavy atom. The zero-order valence-electron chi connectivity index (χ0n) is 7.22. The van der Waals surface area contributed by atoms with Crippen molar-refractivity contribution in [3.05, 3.63) is 10.7 Å². The van der Waals surface area contributed by atoms with Crippen LogP contribution in [0.2, 0.25) is 5.15 Å². The van der Waals surface area contributed by atoms with Crippen molar-refractivity contribution in [2.45, 2.75) is 0 Å². The van der Waals surface area contributed by atoms with Gasteiger partial charge in [0.2, 0.25) is 5.95 Å². The van der Waals surface area contributed by atoms with Crippen LogP contribution in [0, 0.1) is 11.3 Å². The van der Waals surface area contributed by atoms with Crippen molar-refractivity contribution in [1.82, 2.24) is 9.97 Å². The maximum absolute atomic E-state index is 8.72. The molecule has 0 unspecified atom stereocenters. The number of nitriles is 1. The van der Waals surface area contributed by atoms with E-state index in [4.69, 9.17) is 16.9 Å². The SMILES string of the molecule is CNc1nc(Cl)c(C#N)c(NC)n1. The number of halogens is 1. The lowest BCUT2D eigenvalue weighted by atomic mass is 10.3.